The average molecular weight is 497 g/mol. The molecule has 2 aliphatic heterocycles. The van der Waals surface area contributed by atoms with E-state index in [0.29, 0.717) is 36.6 Å². The summed E-state index contributed by atoms with van der Waals surface area (Å²) in [4.78, 5) is 28.0. The maximum atomic E-state index is 14.2. The fraction of sp³-hybridized carbons (Fsp3) is 0.379. The van der Waals surface area contributed by atoms with Crippen molar-refractivity contribution in [3.63, 3.8) is 0 Å². The maximum Gasteiger partial charge on any atom is 0.241 e. The first-order valence-corrected chi connectivity index (χ1v) is 12.6. The monoisotopic (exact) mass is 496 g/mol. The summed E-state index contributed by atoms with van der Waals surface area (Å²) in [5.74, 6) is 2.05. The van der Waals surface area contributed by atoms with Crippen molar-refractivity contribution in [2.24, 2.45) is 0 Å². The van der Waals surface area contributed by atoms with Crippen LogP contribution in [0.3, 0.4) is 0 Å². The fourth-order valence-corrected chi connectivity index (χ4v) is 5.79. The number of hydrogen-bond donors (Lipinski definition) is 1. The van der Waals surface area contributed by atoms with Crippen molar-refractivity contribution in [1.29, 1.82) is 5.26 Å². The molecule has 1 fully saturated rings. The number of methoxy groups -OCH3 is 1. The molecule has 3 aromatic rings. The molecule has 0 radical (unpaired) electrons. The van der Waals surface area contributed by atoms with Gasteiger partial charge >= 0.3 is 0 Å². The molecule has 3 heterocycles. The lowest BCUT2D eigenvalue weighted by Crippen LogP contribution is -2.53. The molecule has 2 aromatic carbocycles. The summed E-state index contributed by atoms with van der Waals surface area (Å²) >= 11 is 0. The van der Waals surface area contributed by atoms with Crippen molar-refractivity contribution in [2.45, 2.75) is 45.2 Å². The van der Waals surface area contributed by atoms with Crippen molar-refractivity contribution in [3.8, 4) is 11.8 Å². The summed E-state index contributed by atoms with van der Waals surface area (Å²) in [6.45, 7) is 7.66. The van der Waals surface area contributed by atoms with E-state index in [4.69, 9.17) is 14.7 Å². The Hall–Kier alpha value is -3.96. The van der Waals surface area contributed by atoms with E-state index in [-0.39, 0.29) is 11.9 Å². The van der Waals surface area contributed by atoms with E-state index in [2.05, 4.69) is 23.2 Å². The number of benzene rings is 2. The second-order valence-corrected chi connectivity index (χ2v) is 10.1. The highest BCUT2D eigenvalue weighted by atomic mass is 16.5. The molecule has 190 valence electrons. The van der Waals surface area contributed by atoms with Crippen molar-refractivity contribution in [3.05, 3.63) is 76.2 Å². The predicted octanol–water partition coefficient (Wildman–Crippen LogP) is 4.27. The second-order valence-electron chi connectivity index (χ2n) is 10.1. The predicted molar refractivity (Wildman–Crippen MR) is 143 cm³/mol. The first-order valence-electron chi connectivity index (χ1n) is 12.6. The van der Waals surface area contributed by atoms with E-state index < -0.39 is 5.41 Å². The van der Waals surface area contributed by atoms with Crippen LogP contribution >= 0.6 is 0 Å². The van der Waals surface area contributed by atoms with Crippen molar-refractivity contribution in [1.82, 2.24) is 14.9 Å². The molecule has 0 aliphatic carbocycles. The normalized spacial score (nSPS) is 20.0. The number of likely N-dealkylation sites (N-methyl/N-ethyl adjacent to an activating group) is 1. The molecule has 1 N–H and O–H groups in total. The third kappa shape index (κ3) is 4.09. The Bertz CT molecular complexity index is 1410. The van der Waals surface area contributed by atoms with Crippen molar-refractivity contribution < 1.29 is 9.53 Å². The highest BCUT2D eigenvalue weighted by molar-refractivity contribution is 6.04. The number of carbonyl (C=O) groups is 1. The number of aryl methyl sites for hydroxylation is 1. The Morgan fingerprint density at radius 2 is 1.95 bits per heavy atom. The van der Waals surface area contributed by atoms with Gasteiger partial charge in [-0.3, -0.25) is 4.79 Å². The molecule has 0 unspecified atom stereocenters. The number of para-hydroxylation sites is 2. The van der Waals surface area contributed by atoms with Gasteiger partial charge in [-0.1, -0.05) is 24.3 Å². The first-order chi connectivity index (χ1) is 17.8. The van der Waals surface area contributed by atoms with Gasteiger partial charge in [0.15, 0.2) is 0 Å². The summed E-state index contributed by atoms with van der Waals surface area (Å²) in [7, 11) is 3.67. The summed E-state index contributed by atoms with van der Waals surface area (Å²) in [6.07, 6.45) is 0.690. The Morgan fingerprint density at radius 3 is 2.65 bits per heavy atom. The van der Waals surface area contributed by atoms with Gasteiger partial charge in [0.25, 0.3) is 0 Å². The SMILES string of the molecule is COc1ccccc1N1Cc2c(N[C@H](C)c3cccc(C#N)c3C)nc(C)nc2[C@]2(CCN(C)C2)C1=O. The van der Waals surface area contributed by atoms with Crippen LogP contribution in [0.5, 0.6) is 5.75 Å². The molecule has 0 bridgehead atoms. The molecule has 1 spiro atoms. The molecule has 8 heteroatoms. The lowest BCUT2D eigenvalue weighted by atomic mass is 9.76. The van der Waals surface area contributed by atoms with E-state index in [9.17, 15) is 10.1 Å². The van der Waals surface area contributed by atoms with Gasteiger partial charge in [0.05, 0.1) is 42.7 Å². The number of rotatable bonds is 5. The Kier molecular flexibility index (Phi) is 6.34. The molecule has 0 saturated carbocycles. The third-order valence-corrected chi connectivity index (χ3v) is 7.69. The number of ether oxygens (including phenoxy) is 1. The maximum absolute atomic E-state index is 14.2. The van der Waals surface area contributed by atoms with E-state index in [1.807, 2.05) is 68.3 Å². The molecule has 8 nitrogen and oxygen atoms in total. The third-order valence-electron chi connectivity index (χ3n) is 7.69. The number of nitrogens with zero attached hydrogens (tertiary/aromatic N) is 5. The molecule has 1 amide bonds. The molecule has 2 atom stereocenters. The van der Waals surface area contributed by atoms with Crippen LogP contribution in [0.4, 0.5) is 11.5 Å². The van der Waals surface area contributed by atoms with E-state index in [0.717, 1.165) is 40.4 Å². The molecular formula is C29H32N6O2. The number of nitrogens with one attached hydrogen (secondary N) is 1. The summed E-state index contributed by atoms with van der Waals surface area (Å²) in [6, 6.07) is 15.6. The number of hydrogen-bond acceptors (Lipinski definition) is 7. The molecule has 1 aromatic heterocycles. The second kappa shape index (κ2) is 9.49. The zero-order valence-electron chi connectivity index (χ0n) is 22.0. The van der Waals surface area contributed by atoms with Crippen LogP contribution in [0.25, 0.3) is 0 Å². The molecule has 5 rings (SSSR count). The van der Waals surface area contributed by atoms with Crippen LogP contribution in [0.15, 0.2) is 42.5 Å². The minimum atomic E-state index is -0.757. The molecule has 37 heavy (non-hydrogen) atoms. The Labute approximate surface area is 217 Å². The highest BCUT2D eigenvalue weighted by Crippen LogP contribution is 2.45. The van der Waals surface area contributed by atoms with Gasteiger partial charge in [-0.2, -0.15) is 5.26 Å². The van der Waals surface area contributed by atoms with Crippen LogP contribution < -0.4 is 15.0 Å². The zero-order valence-corrected chi connectivity index (χ0v) is 22.0. The number of aromatic nitrogens is 2. The molecule has 1 saturated heterocycles. The van der Waals surface area contributed by atoms with Crippen LogP contribution in [-0.4, -0.2) is 48.0 Å². The lowest BCUT2D eigenvalue weighted by Gasteiger charge is -2.41. The van der Waals surface area contributed by atoms with E-state index in [1.165, 1.54) is 0 Å². The van der Waals surface area contributed by atoms with Crippen molar-refractivity contribution >= 4 is 17.4 Å². The van der Waals surface area contributed by atoms with Gasteiger partial charge in [-0.25, -0.2) is 9.97 Å². The summed E-state index contributed by atoms with van der Waals surface area (Å²) in [5, 5.41) is 13.1. The van der Waals surface area contributed by atoms with Crippen molar-refractivity contribution in [2.75, 3.05) is 37.5 Å². The largest absolute Gasteiger partial charge is 0.495 e. The number of nitriles is 1. The number of fused-ring (bicyclic) bond motifs is 2. The Morgan fingerprint density at radius 1 is 1.16 bits per heavy atom. The first kappa shape index (κ1) is 24.7. The van der Waals surface area contributed by atoms with Crippen LogP contribution in [-0.2, 0) is 16.8 Å². The number of likely N-dealkylation sites (tertiary alicyclic amines) is 1. The van der Waals surface area contributed by atoms with Gasteiger partial charge in [-0.15, -0.1) is 0 Å². The standard InChI is InChI=1S/C29H32N6O2/c1-18-21(15-30)9-8-10-22(18)19(2)31-27-23-16-35(24-11-6-7-12-25(24)37-5)28(36)29(13-14-34(4)17-29)26(23)32-20(3)33-27/h6-12,19H,13-14,16-17H2,1-5H3,(H,31,32,33)/t19-,29-/m1/s1. The molecular weight excluding hydrogens is 464 g/mol. The van der Waals surface area contributed by atoms with E-state index in [1.54, 1.807) is 7.11 Å². The number of anilines is 2. The quantitative estimate of drug-likeness (QED) is 0.564. The average Bonchev–Trinajstić information content (AvgIpc) is 3.29. The number of carbonyl (C=O) groups excluding carboxylic acids is 1. The summed E-state index contributed by atoms with van der Waals surface area (Å²) < 4.78 is 5.64. The smallest absolute Gasteiger partial charge is 0.241 e. The minimum Gasteiger partial charge on any atom is -0.495 e. The van der Waals surface area contributed by atoms with Gasteiger partial charge < -0.3 is 19.9 Å². The van der Waals surface area contributed by atoms with Gasteiger partial charge in [0.2, 0.25) is 5.91 Å². The minimum absolute atomic E-state index is 0.0449. The zero-order chi connectivity index (χ0) is 26.3. The highest BCUT2D eigenvalue weighted by Gasteiger charge is 2.53. The summed E-state index contributed by atoms with van der Waals surface area (Å²) in [5.41, 5.74) is 4.37. The van der Waals surface area contributed by atoms with Gasteiger partial charge in [0.1, 0.15) is 22.8 Å². The van der Waals surface area contributed by atoms with Crippen LogP contribution in [0.2, 0.25) is 0 Å². The lowest BCUT2D eigenvalue weighted by molar-refractivity contribution is -0.124. The fourth-order valence-electron chi connectivity index (χ4n) is 5.79. The van der Waals surface area contributed by atoms with Crippen LogP contribution in [0, 0.1) is 25.2 Å². The van der Waals surface area contributed by atoms with Gasteiger partial charge in [-0.05, 0) is 70.1 Å². The topological polar surface area (TPSA) is 94.4 Å². The van der Waals surface area contributed by atoms with Crippen LogP contribution in [0.1, 0.15) is 53.2 Å². The van der Waals surface area contributed by atoms with Gasteiger partial charge in [0, 0.05) is 12.1 Å². The number of amides is 1. The van der Waals surface area contributed by atoms with E-state index >= 15 is 0 Å². The Balaban J connectivity index is 1.64. The molecule has 2 aliphatic rings.